The summed E-state index contributed by atoms with van der Waals surface area (Å²) in [7, 11) is 0.694. The molecule has 22 nitrogen and oxygen atoms in total. The van der Waals surface area contributed by atoms with E-state index in [2.05, 4.69) is 55.2 Å². The van der Waals surface area contributed by atoms with Crippen molar-refractivity contribution < 1.29 is 56.9 Å². The van der Waals surface area contributed by atoms with Gasteiger partial charge in [-0.2, -0.15) is 4.31 Å². The molecule has 6 aliphatic rings. The van der Waals surface area contributed by atoms with Crippen LogP contribution in [0.5, 0.6) is 0 Å². The highest BCUT2D eigenvalue weighted by atomic mass is 35.5. The average molecular weight is 2220 g/mol. The van der Waals surface area contributed by atoms with Crippen LogP contribution in [0.4, 0.5) is 0 Å². The fraction of sp³-hybridized carbons (Fsp3) is 0.588. The Morgan fingerprint density at radius 1 is 0.295 bits per heavy atom. The predicted molar refractivity (Wildman–Crippen MR) is 616 cm³/mol. The molecule has 0 aromatic heterocycles. The van der Waals surface area contributed by atoms with Crippen LogP contribution in [0.2, 0.25) is 35.2 Å². The number of nitrogens with two attached hydrogens (primary N) is 2. The number of Topliss-reactive ketones (excluding diaryl/α,β-unsaturated/α-hetero) is 7. The number of methoxy groups -OCH3 is 1. The van der Waals surface area contributed by atoms with E-state index >= 15 is 0 Å². The van der Waals surface area contributed by atoms with Crippen molar-refractivity contribution in [2.45, 2.75) is 253 Å². The van der Waals surface area contributed by atoms with Gasteiger partial charge in [-0.3, -0.25) is 38.5 Å². The van der Waals surface area contributed by atoms with E-state index in [0.29, 0.717) is 109 Å². The summed E-state index contributed by atoms with van der Waals surface area (Å²) in [5.41, 5.74) is 19.2. The molecule has 0 bridgehead atoms. The van der Waals surface area contributed by atoms with Crippen LogP contribution in [0.25, 0.3) is 0 Å². The molecule has 7 atom stereocenters. The summed E-state index contributed by atoms with van der Waals surface area (Å²) in [5.74, 6) is 1.32. The van der Waals surface area contributed by atoms with Crippen molar-refractivity contribution >= 4 is 132 Å². The van der Waals surface area contributed by atoms with Gasteiger partial charge in [0.1, 0.15) is 40.5 Å². The van der Waals surface area contributed by atoms with Gasteiger partial charge in [0.05, 0.1) is 66.0 Å². The molecule has 6 heterocycles. The molecule has 13 rings (SSSR count). The van der Waals surface area contributed by atoms with E-state index in [4.69, 9.17) is 97.4 Å². The second kappa shape index (κ2) is 65.6. The summed E-state index contributed by atoms with van der Waals surface area (Å²) in [6, 6.07) is 54.3. The van der Waals surface area contributed by atoms with Crippen LogP contribution in [0, 0.1) is 41.4 Å². The van der Waals surface area contributed by atoms with Crippen LogP contribution < -0.4 is 11.5 Å². The molecule has 6 N–H and O–H groups in total. The number of ketones is 7. The minimum Gasteiger partial charge on any atom is -0.393 e. The Kier molecular flexibility index (Phi) is 57.1. The number of rotatable bonds is 38. The number of likely N-dealkylation sites (N-methyl/N-ethyl adjacent to an activating group) is 1. The topological polar surface area (TPSA) is 281 Å². The van der Waals surface area contributed by atoms with Gasteiger partial charge in [0, 0.05) is 213 Å². The van der Waals surface area contributed by atoms with Crippen molar-refractivity contribution in [3.8, 4) is 0 Å². The van der Waals surface area contributed by atoms with Crippen LogP contribution in [-0.4, -0.2) is 292 Å². The molecular formula is C119H173Cl7N10O12S. The molecule has 826 valence electrons. The minimum absolute atomic E-state index is 0.0149. The lowest BCUT2D eigenvalue weighted by atomic mass is 9.88. The molecule has 0 radical (unpaired) electrons. The Labute approximate surface area is 927 Å². The number of nitrogens with zero attached hydrogens (tertiary/aromatic N) is 8. The highest BCUT2D eigenvalue weighted by Gasteiger charge is 2.37. The smallest absolute Gasteiger partial charge is 0.211 e. The molecule has 6 saturated heterocycles. The molecule has 30 heteroatoms. The van der Waals surface area contributed by atoms with Gasteiger partial charge in [-0.1, -0.05) is 263 Å². The fourth-order valence-corrected chi connectivity index (χ4v) is 21.0. The van der Waals surface area contributed by atoms with Crippen LogP contribution in [0.3, 0.4) is 0 Å². The van der Waals surface area contributed by atoms with E-state index in [1.54, 1.807) is 19.2 Å². The zero-order chi connectivity index (χ0) is 110. The van der Waals surface area contributed by atoms with E-state index < -0.39 is 10.0 Å². The average Bonchev–Trinajstić information content (AvgIpc) is 0.819. The SMILES string of the molecule is CC(C)C(=O)[C@@H](CN1CCC(N)CC1)c1ccc(Cl)cc1.CC(C)C(=O)[C@@H](CN1CCC(O)CC1)c1ccc(Cl)cc1.CC(C)C(=O)[C@H](CN(C)C(C)C)c1ccc(Cl)cc1.CC(C)C(=O)[C@H](CN1CCC(N)CC1)c1ccc(Cl)cc1.CC(C)C(=O)[C@H](CN1CCC(O)CC1)c1ccc(Cl)cc1.CC(C)C(=O)[C@H](CN1CCN(S(C)(=O)=O)CC1)c1ccc(Cl)cc1.COC1CCN(C[C@H](C(=O)C(C)C)c2ccc(Cl)cc2)CC1. The third kappa shape index (κ3) is 45.1. The summed E-state index contributed by atoms with van der Waals surface area (Å²) >= 11 is 41.6. The first-order valence-electron chi connectivity index (χ1n) is 53.8. The maximum atomic E-state index is 12.7. The molecule has 0 spiro atoms. The third-order valence-electron chi connectivity index (χ3n) is 29.3. The fourth-order valence-electron chi connectivity index (χ4n) is 19.3. The number of piperazine rings is 1. The lowest BCUT2D eigenvalue weighted by Gasteiger charge is -2.35. The quantitative estimate of drug-likeness (QED) is 0.0280. The number of piperidine rings is 5. The standard InChI is InChI=1S/C18H26ClNO2.C17H25ClN2O3S.2C17H25ClN2O.2C17H24ClNO2.C16H24ClNO/c1-13(2)18(21)17(14-4-6-15(19)7-5-14)12-20-10-8-16(22-3)9-11-20;1-13(2)17(21)16(14-4-6-15(18)7-5-14)12-19-8-10-20(11-9-19)24(3,22)23;2*1-12(2)17(21)16(13-3-5-14(18)6-4-13)11-20-9-7-15(19)8-10-20;2*1-12(2)17(21)16(13-3-5-14(18)6-4-13)11-19-9-7-15(20)8-10-19;1-11(2)16(19)15(10-18(5)12(3)4)13-6-8-14(17)9-7-13/h4-7,13,16-17H,8-12H2,1-3H3;4-7,13,16H,8-12H2,1-3H3;2*3-6,12,15-16H,7-11,19H2,1-2H3;2*3-6,12,15-16,20H,7-11H2,1-2H3;6-9,11-12,15H,10H2,1-5H3/t17-;5*16-;15-/m0110101/s1. The van der Waals surface area contributed by atoms with Crippen molar-refractivity contribution in [2.24, 2.45) is 52.9 Å². The second-order valence-electron chi connectivity index (χ2n) is 43.7. The van der Waals surface area contributed by atoms with Crippen molar-refractivity contribution in [2.75, 3.05) is 158 Å². The van der Waals surface area contributed by atoms with Gasteiger partial charge < -0.3 is 55.8 Å². The molecule has 0 unspecified atom stereocenters. The van der Waals surface area contributed by atoms with Gasteiger partial charge in [0.25, 0.3) is 0 Å². The van der Waals surface area contributed by atoms with Crippen molar-refractivity contribution in [1.82, 2.24) is 38.6 Å². The van der Waals surface area contributed by atoms with E-state index in [0.717, 1.165) is 208 Å². The first-order chi connectivity index (χ1) is 70.4. The Morgan fingerprint density at radius 3 is 0.638 bits per heavy atom. The molecule has 7 aromatic carbocycles. The predicted octanol–water partition coefficient (Wildman–Crippen LogP) is 22.3. The first-order valence-corrected chi connectivity index (χ1v) is 58.3. The molecule has 0 saturated carbocycles. The molecule has 0 amide bonds. The van der Waals surface area contributed by atoms with Crippen molar-refractivity contribution in [1.29, 1.82) is 0 Å². The molecule has 0 aliphatic carbocycles. The molecule has 6 aliphatic heterocycles. The highest BCUT2D eigenvalue weighted by Crippen LogP contribution is 2.35. The normalized spacial score (nSPS) is 18.1. The zero-order valence-electron chi connectivity index (χ0n) is 91.9. The summed E-state index contributed by atoms with van der Waals surface area (Å²) in [5, 5.41) is 24.1. The number of ether oxygens (including phenoxy) is 1. The van der Waals surface area contributed by atoms with Crippen molar-refractivity contribution in [3.05, 3.63) is 244 Å². The van der Waals surface area contributed by atoms with Crippen molar-refractivity contribution in [3.63, 3.8) is 0 Å². The summed E-state index contributed by atoms with van der Waals surface area (Å²) in [4.78, 5) is 104. The van der Waals surface area contributed by atoms with E-state index in [9.17, 15) is 52.2 Å². The lowest BCUT2D eigenvalue weighted by Crippen LogP contribution is -2.49. The Bertz CT molecular complexity index is 4880. The number of sulfonamides is 1. The van der Waals surface area contributed by atoms with Crippen LogP contribution >= 0.6 is 81.2 Å². The van der Waals surface area contributed by atoms with Gasteiger partial charge >= 0.3 is 0 Å². The molecule has 6 fully saturated rings. The minimum atomic E-state index is -3.14. The lowest BCUT2D eigenvalue weighted by molar-refractivity contribution is -0.124. The monoisotopic (exact) mass is 2210 g/mol. The number of carbonyl (C=O) groups is 7. The van der Waals surface area contributed by atoms with Crippen LogP contribution in [-0.2, 0) is 48.3 Å². The van der Waals surface area contributed by atoms with E-state index in [1.807, 2.05) is 255 Å². The Hall–Kier alpha value is -6.31. The summed E-state index contributed by atoms with van der Waals surface area (Å²) in [6.45, 7) is 48.4. The summed E-state index contributed by atoms with van der Waals surface area (Å²) in [6.07, 6.45) is 10.6. The maximum Gasteiger partial charge on any atom is 0.211 e. The first kappa shape index (κ1) is 130. The second-order valence-corrected chi connectivity index (χ2v) is 48.7. The largest absolute Gasteiger partial charge is 0.393 e. The number of hydrogen-bond donors (Lipinski definition) is 4. The van der Waals surface area contributed by atoms with Gasteiger partial charge in [0.2, 0.25) is 10.0 Å². The number of benzene rings is 7. The highest BCUT2D eigenvalue weighted by molar-refractivity contribution is 7.88. The Balaban J connectivity index is 0.000000235. The van der Waals surface area contributed by atoms with Gasteiger partial charge in [-0.15, -0.1) is 0 Å². The molecule has 7 aromatic rings. The molecule has 149 heavy (non-hydrogen) atoms. The van der Waals surface area contributed by atoms with Gasteiger partial charge in [0.15, 0.2) is 0 Å². The van der Waals surface area contributed by atoms with Crippen LogP contribution in [0.1, 0.15) is 255 Å². The van der Waals surface area contributed by atoms with E-state index in [-0.39, 0.29) is 118 Å². The van der Waals surface area contributed by atoms with Gasteiger partial charge in [-0.25, -0.2) is 8.42 Å². The molecular weight excluding hydrogens is 2040 g/mol. The number of aliphatic hydroxyl groups is 2. The number of halogens is 7. The number of hydrogen-bond acceptors (Lipinski definition) is 21. The van der Waals surface area contributed by atoms with Crippen LogP contribution in [0.15, 0.2) is 170 Å². The number of aliphatic hydroxyl groups excluding tert-OH is 2. The summed E-state index contributed by atoms with van der Waals surface area (Å²) < 4.78 is 30.1. The van der Waals surface area contributed by atoms with Gasteiger partial charge in [-0.05, 0) is 235 Å². The maximum absolute atomic E-state index is 12.7. The Morgan fingerprint density at radius 2 is 0.463 bits per heavy atom. The number of likely N-dealkylation sites (tertiary alicyclic amines) is 5. The number of carbonyl (C=O) groups excluding carboxylic acids is 7. The zero-order valence-corrected chi connectivity index (χ0v) is 98.0. The third-order valence-corrected chi connectivity index (χ3v) is 32.4. The van der Waals surface area contributed by atoms with E-state index in [1.165, 1.54) is 10.6 Å².